The number of hydrogen-bond acceptors (Lipinski definition) is 10. The van der Waals surface area contributed by atoms with E-state index in [1.54, 1.807) is 0 Å². The summed E-state index contributed by atoms with van der Waals surface area (Å²) in [5.41, 5.74) is 0.133. The molecule has 2 aliphatic rings. The first kappa shape index (κ1) is 33.7. The van der Waals surface area contributed by atoms with E-state index in [-0.39, 0.29) is 53.6 Å². The Morgan fingerprint density at radius 1 is 0.683 bits per heavy atom. The Morgan fingerprint density at radius 2 is 1.02 bits per heavy atom. The number of aliphatic hydroxyl groups is 2. The minimum Gasteiger partial charge on any atom is -0.376 e. The third kappa shape index (κ3) is 9.63. The summed E-state index contributed by atoms with van der Waals surface area (Å²) in [7, 11) is 0. The van der Waals surface area contributed by atoms with Crippen molar-refractivity contribution in [2.45, 2.75) is 155 Å². The Balaban J connectivity index is 1.94. The largest absolute Gasteiger partial charge is 0.376 e. The van der Waals surface area contributed by atoms with Gasteiger partial charge in [0, 0.05) is 34.2 Å². The van der Waals surface area contributed by atoms with Crippen molar-refractivity contribution in [2.75, 3.05) is 29.0 Å². The lowest BCUT2D eigenvalue weighted by atomic mass is 9.72. The molecule has 10 nitrogen and oxygen atoms in total. The van der Waals surface area contributed by atoms with Gasteiger partial charge in [0.05, 0.1) is 0 Å². The van der Waals surface area contributed by atoms with E-state index in [0.29, 0.717) is 23.7 Å². The van der Waals surface area contributed by atoms with Crippen LogP contribution in [0.5, 0.6) is 0 Å². The second kappa shape index (κ2) is 13.3. The number of anilines is 3. The Bertz CT molecular complexity index is 879. The van der Waals surface area contributed by atoms with Crippen molar-refractivity contribution in [2.24, 2.45) is 11.8 Å². The summed E-state index contributed by atoms with van der Waals surface area (Å²) in [4.78, 5) is 15.6. The summed E-state index contributed by atoms with van der Waals surface area (Å²) in [6.45, 7) is 21.9. The van der Waals surface area contributed by atoms with E-state index >= 15 is 0 Å². The van der Waals surface area contributed by atoms with Crippen molar-refractivity contribution in [1.82, 2.24) is 25.6 Å². The van der Waals surface area contributed by atoms with Gasteiger partial charge in [0.15, 0.2) is 0 Å². The molecule has 2 aliphatic heterocycles. The molecule has 3 heterocycles. The molecule has 1 aromatic heterocycles. The normalized spacial score (nSPS) is 23.5. The third-order valence-electron chi connectivity index (χ3n) is 8.66. The van der Waals surface area contributed by atoms with Crippen molar-refractivity contribution in [3.8, 4) is 0 Å². The quantitative estimate of drug-likeness (QED) is 0.181. The van der Waals surface area contributed by atoms with Gasteiger partial charge in [-0.3, -0.25) is 4.90 Å². The minimum absolute atomic E-state index is 0.0332. The average Bonchev–Trinajstić information content (AvgIpc) is 2.80. The molecule has 41 heavy (non-hydrogen) atoms. The zero-order valence-electron chi connectivity index (χ0n) is 27.6. The fourth-order valence-electron chi connectivity index (χ4n) is 7.98. The predicted octanol–water partition coefficient (Wildman–Crippen LogP) is 4.85. The first-order valence-electron chi connectivity index (χ1n) is 15.9. The molecule has 0 aromatic carbocycles. The molecule has 2 fully saturated rings. The van der Waals surface area contributed by atoms with Crippen molar-refractivity contribution in [3.05, 3.63) is 0 Å². The number of rotatable bonds is 13. The lowest BCUT2D eigenvalue weighted by Gasteiger charge is -2.49. The summed E-state index contributed by atoms with van der Waals surface area (Å²) >= 11 is 0. The second-order valence-corrected chi connectivity index (χ2v) is 15.3. The highest BCUT2D eigenvalue weighted by atomic mass is 16.3. The van der Waals surface area contributed by atoms with Gasteiger partial charge < -0.3 is 31.5 Å². The number of aromatic nitrogens is 3. The maximum Gasteiger partial charge on any atom is 0.235 e. The lowest BCUT2D eigenvalue weighted by molar-refractivity contribution is 0.115. The number of piperidine rings is 2. The van der Waals surface area contributed by atoms with Crippen LogP contribution < -0.4 is 26.2 Å². The summed E-state index contributed by atoms with van der Waals surface area (Å²) < 4.78 is 0. The Morgan fingerprint density at radius 3 is 1.32 bits per heavy atom. The molecule has 3 rings (SSSR count). The highest BCUT2D eigenvalue weighted by Crippen LogP contribution is 2.38. The number of nitrogens with zero attached hydrogens (tertiary/aromatic N) is 4. The topological polar surface area (TPSA) is 130 Å². The molecule has 6 N–H and O–H groups in total. The van der Waals surface area contributed by atoms with E-state index in [4.69, 9.17) is 4.98 Å². The first-order valence-corrected chi connectivity index (χ1v) is 15.9. The van der Waals surface area contributed by atoms with Crippen LogP contribution in [0.25, 0.3) is 0 Å². The van der Waals surface area contributed by atoms with Crippen LogP contribution in [0.1, 0.15) is 121 Å². The smallest absolute Gasteiger partial charge is 0.235 e. The number of aliphatic hydroxyl groups excluding tert-OH is 2. The molecule has 0 amide bonds. The van der Waals surface area contributed by atoms with Crippen molar-refractivity contribution >= 4 is 17.8 Å². The molecular formula is C31H60N8O2. The fourth-order valence-corrected chi connectivity index (χ4v) is 7.98. The molecule has 0 radical (unpaired) electrons. The molecule has 1 aromatic rings. The van der Waals surface area contributed by atoms with Gasteiger partial charge in [-0.1, -0.05) is 26.7 Å². The van der Waals surface area contributed by atoms with E-state index < -0.39 is 0 Å². The number of hydrogen-bond donors (Lipinski definition) is 6. The molecule has 236 valence electrons. The highest BCUT2D eigenvalue weighted by molar-refractivity contribution is 5.44. The van der Waals surface area contributed by atoms with Crippen molar-refractivity contribution in [1.29, 1.82) is 0 Å². The molecule has 2 saturated heterocycles. The molecule has 0 aliphatic carbocycles. The Kier molecular flexibility index (Phi) is 10.9. The maximum atomic E-state index is 9.94. The van der Waals surface area contributed by atoms with Crippen LogP contribution in [-0.2, 0) is 0 Å². The van der Waals surface area contributed by atoms with Gasteiger partial charge in [-0.25, -0.2) is 0 Å². The van der Waals surface area contributed by atoms with Crippen LogP contribution in [0.2, 0.25) is 0 Å². The highest BCUT2D eigenvalue weighted by Gasteiger charge is 2.42. The fraction of sp³-hybridized carbons (Fsp3) is 0.903. The first-order chi connectivity index (χ1) is 19.0. The van der Waals surface area contributed by atoms with Crippen LogP contribution in [0, 0.1) is 11.8 Å². The molecule has 10 heteroatoms. The van der Waals surface area contributed by atoms with Gasteiger partial charge >= 0.3 is 0 Å². The van der Waals surface area contributed by atoms with Crippen molar-refractivity contribution in [3.63, 3.8) is 0 Å². The van der Waals surface area contributed by atoms with Gasteiger partial charge in [0.2, 0.25) is 17.8 Å². The van der Waals surface area contributed by atoms with Gasteiger partial charge in [0.25, 0.3) is 0 Å². The van der Waals surface area contributed by atoms with E-state index in [1.807, 2.05) is 0 Å². The average molecular weight is 577 g/mol. The SMILES string of the molecule is CCCC(Nc1nc(NC(CCC)C2CC(C)(C)NC(C)(C)C2)nc(N(CO)CO)n1)C1CC(C)(C)NC(C)(C)C1. The van der Waals surface area contributed by atoms with Crippen LogP contribution in [0.15, 0.2) is 0 Å². The second-order valence-electron chi connectivity index (χ2n) is 15.3. The van der Waals surface area contributed by atoms with E-state index in [9.17, 15) is 10.2 Å². The lowest BCUT2D eigenvalue weighted by Crippen LogP contribution is -2.60. The van der Waals surface area contributed by atoms with E-state index in [1.165, 1.54) is 4.90 Å². The van der Waals surface area contributed by atoms with Gasteiger partial charge in [-0.15, -0.1) is 0 Å². The summed E-state index contributed by atoms with van der Waals surface area (Å²) in [5.74, 6) is 2.11. The van der Waals surface area contributed by atoms with Gasteiger partial charge in [-0.05, 0) is 106 Å². The number of nitrogens with one attached hydrogen (secondary N) is 4. The summed E-state index contributed by atoms with van der Waals surface area (Å²) in [6.07, 6.45) is 8.30. The van der Waals surface area contributed by atoms with Gasteiger partial charge in [0.1, 0.15) is 13.5 Å². The van der Waals surface area contributed by atoms with Crippen LogP contribution in [-0.4, -0.2) is 72.9 Å². The minimum atomic E-state index is -0.385. The monoisotopic (exact) mass is 576 g/mol. The standard InChI is InChI=1S/C31H60N8O2/c1-11-13-23(21-15-28(3,4)37-29(5,6)16-21)32-25-34-26(36-27(35-25)39(19-40)20-41)33-24(14-12-2)22-17-30(7,8)38-31(9,10)18-22/h21-24,37-38,40-41H,11-20H2,1-10H3,(H2,32,33,34,35,36). The molecule has 0 spiro atoms. The van der Waals surface area contributed by atoms with Crippen LogP contribution in [0.4, 0.5) is 17.8 Å². The molecule has 0 saturated carbocycles. The van der Waals surface area contributed by atoms with E-state index in [2.05, 4.69) is 100 Å². The Hall–Kier alpha value is -1.75. The summed E-state index contributed by atoms with van der Waals surface area (Å²) in [5, 5.41) is 34.9. The molecule has 2 atom stereocenters. The summed E-state index contributed by atoms with van der Waals surface area (Å²) in [6, 6.07) is 0.385. The van der Waals surface area contributed by atoms with E-state index in [0.717, 1.165) is 51.4 Å². The molecule has 2 unspecified atom stereocenters. The third-order valence-corrected chi connectivity index (χ3v) is 8.66. The predicted molar refractivity (Wildman–Crippen MR) is 169 cm³/mol. The van der Waals surface area contributed by atoms with Crippen molar-refractivity contribution < 1.29 is 10.2 Å². The Labute approximate surface area is 249 Å². The molecular weight excluding hydrogens is 516 g/mol. The zero-order chi connectivity index (χ0) is 30.6. The maximum absolute atomic E-state index is 9.94. The van der Waals surface area contributed by atoms with Crippen LogP contribution >= 0.6 is 0 Å². The van der Waals surface area contributed by atoms with Gasteiger partial charge in [-0.2, -0.15) is 15.0 Å². The molecule has 0 bridgehead atoms. The van der Waals surface area contributed by atoms with Crippen LogP contribution in [0.3, 0.4) is 0 Å². The zero-order valence-corrected chi connectivity index (χ0v) is 27.6.